The maximum Gasteiger partial charge on any atom is 0.306 e. The van der Waals surface area contributed by atoms with Gasteiger partial charge in [0.25, 0.3) is 10.0 Å². The molecule has 0 spiro atoms. The number of rotatable bonds is 7. The van der Waals surface area contributed by atoms with Gasteiger partial charge in [0, 0.05) is 33.9 Å². The highest BCUT2D eigenvalue weighted by Gasteiger charge is 2.17. The lowest BCUT2D eigenvalue weighted by atomic mass is 9.98. The van der Waals surface area contributed by atoms with Crippen molar-refractivity contribution in [3.05, 3.63) is 137 Å². The second kappa shape index (κ2) is 12.3. The lowest BCUT2D eigenvalue weighted by Gasteiger charge is -2.14. The molecule has 0 atom stereocenters. The van der Waals surface area contributed by atoms with Gasteiger partial charge in [-0.15, -0.1) is 4.40 Å². The minimum atomic E-state index is -4.02. The van der Waals surface area contributed by atoms with Crippen LogP contribution in [0, 0.1) is 0 Å². The summed E-state index contributed by atoms with van der Waals surface area (Å²) in [7, 11) is -4.02. The number of nitrogens with zero attached hydrogens (tertiary/aromatic N) is 2. The van der Waals surface area contributed by atoms with Gasteiger partial charge < -0.3 is 10.1 Å². The molecule has 0 aliphatic rings. The molecule has 0 aliphatic carbocycles. The first kappa shape index (κ1) is 27.4. The van der Waals surface area contributed by atoms with Gasteiger partial charge in [-0.3, -0.25) is 4.98 Å². The van der Waals surface area contributed by atoms with Crippen LogP contribution in [-0.4, -0.2) is 19.4 Å². The van der Waals surface area contributed by atoms with Crippen molar-refractivity contribution in [3.63, 3.8) is 0 Å². The summed E-state index contributed by atoms with van der Waals surface area (Å²) in [5, 5.41) is 4.29. The van der Waals surface area contributed by atoms with E-state index in [1.54, 1.807) is 48.7 Å². The first-order valence-corrected chi connectivity index (χ1v) is 14.4. The average Bonchev–Trinajstić information content (AvgIpc) is 2.97. The predicted octanol–water partition coefficient (Wildman–Crippen LogP) is 7.64. The number of benzene rings is 4. The summed E-state index contributed by atoms with van der Waals surface area (Å²) in [6, 6.07) is 33.6. The van der Waals surface area contributed by atoms with Crippen LogP contribution in [0.5, 0.6) is 5.75 Å². The van der Waals surface area contributed by atoms with E-state index in [2.05, 4.69) is 9.71 Å². The summed E-state index contributed by atoms with van der Waals surface area (Å²) >= 11 is 12.2. The van der Waals surface area contributed by atoms with E-state index >= 15 is 0 Å². The Morgan fingerprint density at radius 3 is 1.98 bits per heavy atom. The Hall–Kier alpha value is -4.17. The lowest BCUT2D eigenvalue weighted by molar-refractivity contribution is 0.514. The van der Waals surface area contributed by atoms with E-state index in [0.29, 0.717) is 15.8 Å². The topological polar surface area (TPSA) is 80.7 Å². The quantitative estimate of drug-likeness (QED) is 0.156. The van der Waals surface area contributed by atoms with Gasteiger partial charge in [0.05, 0.1) is 10.6 Å². The number of amidine groups is 1. The molecular formula is C31H23Cl2N3O3S. The van der Waals surface area contributed by atoms with Crippen molar-refractivity contribution in [2.75, 3.05) is 0 Å². The number of hydrogen-bond donors (Lipinski definition) is 1. The van der Waals surface area contributed by atoms with Crippen LogP contribution < -0.4 is 10.1 Å². The SMILES string of the molecule is O=S(=O)(/N=C(/NCc1cnc(-c2ccc(Cl)cc2)c(-c2ccc(Cl)cc2)c1)Oc1ccccc1)c1ccccc1. The fourth-order valence-corrected chi connectivity index (χ4v) is 5.09. The van der Waals surface area contributed by atoms with Gasteiger partial charge in [-0.05, 0) is 65.7 Å². The molecule has 0 amide bonds. The van der Waals surface area contributed by atoms with Crippen LogP contribution in [0.1, 0.15) is 5.56 Å². The van der Waals surface area contributed by atoms with Crippen LogP contribution in [0.4, 0.5) is 0 Å². The highest BCUT2D eigenvalue weighted by atomic mass is 35.5. The molecule has 0 saturated carbocycles. The van der Waals surface area contributed by atoms with Crippen molar-refractivity contribution < 1.29 is 13.2 Å². The van der Waals surface area contributed by atoms with Gasteiger partial charge in [0.2, 0.25) is 0 Å². The second-order valence-electron chi connectivity index (χ2n) is 8.71. The largest absolute Gasteiger partial charge is 0.425 e. The summed E-state index contributed by atoms with van der Waals surface area (Å²) in [6.07, 6.45) is 1.72. The van der Waals surface area contributed by atoms with Crippen molar-refractivity contribution in [2.24, 2.45) is 4.40 Å². The van der Waals surface area contributed by atoms with Crippen molar-refractivity contribution >= 4 is 39.2 Å². The molecule has 1 N–H and O–H groups in total. The van der Waals surface area contributed by atoms with Crippen LogP contribution in [-0.2, 0) is 16.6 Å². The zero-order valence-corrected chi connectivity index (χ0v) is 23.4. The number of pyridine rings is 1. The molecule has 40 heavy (non-hydrogen) atoms. The molecule has 200 valence electrons. The zero-order valence-electron chi connectivity index (χ0n) is 21.0. The smallest absolute Gasteiger partial charge is 0.306 e. The molecular weight excluding hydrogens is 565 g/mol. The summed E-state index contributed by atoms with van der Waals surface area (Å²) in [4.78, 5) is 4.81. The fourth-order valence-electron chi connectivity index (χ4n) is 3.91. The average molecular weight is 589 g/mol. The second-order valence-corrected chi connectivity index (χ2v) is 11.2. The highest BCUT2D eigenvalue weighted by molar-refractivity contribution is 7.90. The van der Waals surface area contributed by atoms with Gasteiger partial charge in [-0.1, -0.05) is 83.9 Å². The van der Waals surface area contributed by atoms with E-state index in [1.807, 2.05) is 60.7 Å². The third kappa shape index (κ3) is 6.87. The molecule has 0 fully saturated rings. The summed E-state index contributed by atoms with van der Waals surface area (Å²) < 4.78 is 35.8. The van der Waals surface area contributed by atoms with Crippen LogP contribution >= 0.6 is 23.2 Å². The zero-order chi connectivity index (χ0) is 28.0. The Balaban J connectivity index is 1.48. The predicted molar refractivity (Wildman–Crippen MR) is 160 cm³/mol. The normalized spacial score (nSPS) is 11.7. The van der Waals surface area contributed by atoms with Gasteiger partial charge >= 0.3 is 6.02 Å². The minimum Gasteiger partial charge on any atom is -0.425 e. The molecule has 0 saturated heterocycles. The van der Waals surface area contributed by atoms with Crippen molar-refractivity contribution in [1.82, 2.24) is 10.3 Å². The van der Waals surface area contributed by atoms with Gasteiger partial charge in [-0.25, -0.2) is 0 Å². The Labute approximate surface area is 243 Å². The summed E-state index contributed by atoms with van der Waals surface area (Å²) in [6.45, 7) is 0.199. The third-order valence-electron chi connectivity index (χ3n) is 5.86. The Morgan fingerprint density at radius 1 is 0.775 bits per heavy atom. The maximum atomic E-state index is 13.0. The Kier molecular flexibility index (Phi) is 8.45. The molecule has 1 aromatic heterocycles. The molecule has 5 aromatic rings. The monoisotopic (exact) mass is 587 g/mol. The number of nitrogens with one attached hydrogen (secondary N) is 1. The molecule has 4 aromatic carbocycles. The van der Waals surface area contributed by atoms with E-state index in [-0.39, 0.29) is 17.5 Å². The van der Waals surface area contributed by atoms with Crippen LogP contribution in [0.25, 0.3) is 22.4 Å². The molecule has 0 radical (unpaired) electrons. The number of hydrogen-bond acceptors (Lipinski definition) is 4. The van der Waals surface area contributed by atoms with Gasteiger partial charge in [0.1, 0.15) is 5.75 Å². The molecule has 5 rings (SSSR count). The van der Waals surface area contributed by atoms with Crippen molar-refractivity contribution in [3.8, 4) is 28.1 Å². The van der Waals surface area contributed by atoms with E-state index in [9.17, 15) is 8.42 Å². The van der Waals surface area contributed by atoms with Crippen LogP contribution in [0.2, 0.25) is 10.0 Å². The number of para-hydroxylation sites is 1. The fraction of sp³-hybridized carbons (Fsp3) is 0.0323. The molecule has 6 nitrogen and oxygen atoms in total. The highest BCUT2D eigenvalue weighted by Crippen LogP contribution is 2.32. The molecule has 0 bridgehead atoms. The van der Waals surface area contributed by atoms with Crippen molar-refractivity contribution in [1.29, 1.82) is 0 Å². The van der Waals surface area contributed by atoms with Gasteiger partial charge in [0.15, 0.2) is 0 Å². The van der Waals surface area contributed by atoms with Crippen LogP contribution in [0.3, 0.4) is 0 Å². The van der Waals surface area contributed by atoms with Crippen LogP contribution in [0.15, 0.2) is 131 Å². The first-order valence-electron chi connectivity index (χ1n) is 12.2. The molecule has 1 heterocycles. The van der Waals surface area contributed by atoms with E-state index in [0.717, 1.165) is 27.9 Å². The third-order valence-corrected chi connectivity index (χ3v) is 7.64. The van der Waals surface area contributed by atoms with E-state index in [4.69, 9.17) is 32.9 Å². The Bertz CT molecular complexity index is 1730. The number of halogens is 2. The molecule has 0 unspecified atom stereocenters. The Morgan fingerprint density at radius 2 is 1.35 bits per heavy atom. The molecule has 0 aliphatic heterocycles. The summed E-state index contributed by atoms with van der Waals surface area (Å²) in [5.41, 5.74) is 4.24. The van der Waals surface area contributed by atoms with Gasteiger partial charge in [-0.2, -0.15) is 8.42 Å². The van der Waals surface area contributed by atoms with Crippen molar-refractivity contribution in [2.45, 2.75) is 11.4 Å². The number of aromatic nitrogens is 1. The standard InChI is InChI=1S/C31H23Cl2N3O3S/c32-25-15-11-23(12-16-25)29-19-22(20-34-30(29)24-13-17-26(33)18-14-24)21-35-31(39-27-7-3-1-4-8-27)36-40(37,38)28-9-5-2-6-10-28/h1-20H,21H2,(H,35,36). The van der Waals surface area contributed by atoms with E-state index in [1.165, 1.54) is 12.1 Å². The first-order chi connectivity index (χ1) is 19.4. The maximum absolute atomic E-state index is 13.0. The molecule has 9 heteroatoms. The summed E-state index contributed by atoms with van der Waals surface area (Å²) in [5.74, 6) is 0.440. The number of sulfonamides is 1. The van der Waals surface area contributed by atoms with E-state index < -0.39 is 10.0 Å². The minimum absolute atomic E-state index is 0.0602. The lowest BCUT2D eigenvalue weighted by Crippen LogP contribution is -2.29. The number of ether oxygens (including phenoxy) is 1.